The van der Waals surface area contributed by atoms with Crippen molar-refractivity contribution in [2.75, 3.05) is 13.2 Å². The Morgan fingerprint density at radius 2 is 1.10 bits per heavy atom. The molecule has 0 amide bonds. The lowest BCUT2D eigenvalue weighted by Gasteiger charge is -2.42. The number of ether oxygens (including phenoxy) is 2. The molecule has 1 fully saturated rings. The molecule has 2 bridgehead atoms. The van der Waals surface area contributed by atoms with Crippen molar-refractivity contribution in [3.63, 3.8) is 0 Å². The second kappa shape index (κ2) is 13.2. The molecule has 3 aliphatic carbocycles. The highest BCUT2D eigenvalue weighted by atomic mass is 16.5. The minimum atomic E-state index is -0.363. The second-order valence-corrected chi connectivity index (χ2v) is 10.2. The SMILES string of the molecule is CC(C)CCCCCOC(=O)C1C2C=CC(CC2)C1C(=O)OCCCCCC(C)C. The fraction of sp³-hybridized carbons (Fsp3) is 0.846. The average Bonchev–Trinajstić information content (AvgIpc) is 2.72. The first-order valence-electron chi connectivity index (χ1n) is 12.4. The summed E-state index contributed by atoms with van der Waals surface area (Å²) in [6, 6.07) is 0. The van der Waals surface area contributed by atoms with E-state index in [2.05, 4.69) is 39.8 Å². The minimum Gasteiger partial charge on any atom is -0.465 e. The Balaban J connectivity index is 1.77. The van der Waals surface area contributed by atoms with Crippen LogP contribution in [0, 0.1) is 35.5 Å². The van der Waals surface area contributed by atoms with Crippen molar-refractivity contribution in [2.24, 2.45) is 35.5 Å². The van der Waals surface area contributed by atoms with Crippen LogP contribution < -0.4 is 0 Å². The number of carbonyl (C=O) groups excluding carboxylic acids is 2. The van der Waals surface area contributed by atoms with E-state index in [9.17, 15) is 9.59 Å². The van der Waals surface area contributed by atoms with Gasteiger partial charge in [-0.2, -0.15) is 0 Å². The molecule has 4 atom stereocenters. The summed E-state index contributed by atoms with van der Waals surface area (Å²) in [6.45, 7) is 9.86. The molecule has 0 saturated heterocycles. The van der Waals surface area contributed by atoms with E-state index < -0.39 is 0 Å². The van der Waals surface area contributed by atoms with Gasteiger partial charge in [-0.1, -0.05) is 78.4 Å². The molecule has 0 radical (unpaired) electrons. The molecular formula is C26H44O4. The molecule has 0 heterocycles. The molecule has 3 aliphatic rings. The van der Waals surface area contributed by atoms with Crippen LogP contribution >= 0.6 is 0 Å². The molecule has 4 unspecified atom stereocenters. The monoisotopic (exact) mass is 420 g/mol. The number of allylic oxidation sites excluding steroid dienone is 2. The van der Waals surface area contributed by atoms with Crippen LogP contribution in [-0.4, -0.2) is 25.2 Å². The van der Waals surface area contributed by atoms with Crippen molar-refractivity contribution in [1.82, 2.24) is 0 Å². The summed E-state index contributed by atoms with van der Waals surface area (Å²) >= 11 is 0. The van der Waals surface area contributed by atoms with Gasteiger partial charge in [0, 0.05) is 0 Å². The molecule has 0 N–H and O–H groups in total. The highest BCUT2D eigenvalue weighted by Gasteiger charge is 2.49. The molecule has 4 heteroatoms. The standard InChI is InChI=1S/C26H44O4/c1-19(2)11-7-5-9-17-29-25(27)23-21-13-15-22(16-14-21)24(23)26(28)30-18-10-6-8-12-20(3)4/h13,15,19-24H,5-12,14,16-18H2,1-4H3. The third-order valence-electron chi connectivity index (χ3n) is 6.63. The molecule has 0 aromatic carbocycles. The summed E-state index contributed by atoms with van der Waals surface area (Å²) in [6.07, 6.45) is 15.0. The first-order valence-corrected chi connectivity index (χ1v) is 12.4. The van der Waals surface area contributed by atoms with Crippen LogP contribution in [0.3, 0.4) is 0 Å². The molecule has 3 rings (SSSR count). The predicted octanol–water partition coefficient (Wildman–Crippen LogP) is 6.33. The zero-order valence-corrected chi connectivity index (χ0v) is 19.7. The lowest BCUT2D eigenvalue weighted by molar-refractivity contribution is -0.167. The van der Waals surface area contributed by atoms with Gasteiger partial charge in [-0.05, 0) is 49.4 Å². The van der Waals surface area contributed by atoms with Crippen molar-refractivity contribution in [3.05, 3.63) is 12.2 Å². The number of carbonyl (C=O) groups is 2. The van der Waals surface area contributed by atoms with Gasteiger partial charge in [-0.25, -0.2) is 0 Å². The first kappa shape index (κ1) is 24.9. The number of rotatable bonds is 14. The zero-order valence-electron chi connectivity index (χ0n) is 19.7. The summed E-state index contributed by atoms with van der Waals surface area (Å²) < 4.78 is 11.2. The van der Waals surface area contributed by atoms with Gasteiger partial charge in [0.1, 0.15) is 0 Å². The summed E-state index contributed by atoms with van der Waals surface area (Å²) in [5.41, 5.74) is 0. The van der Waals surface area contributed by atoms with E-state index in [1.165, 1.54) is 25.7 Å². The Morgan fingerprint density at radius 3 is 1.43 bits per heavy atom. The van der Waals surface area contributed by atoms with Crippen LogP contribution in [0.4, 0.5) is 0 Å². The van der Waals surface area contributed by atoms with Crippen LogP contribution in [0.15, 0.2) is 12.2 Å². The van der Waals surface area contributed by atoms with Gasteiger partial charge >= 0.3 is 11.9 Å². The Morgan fingerprint density at radius 1 is 0.700 bits per heavy atom. The van der Waals surface area contributed by atoms with E-state index >= 15 is 0 Å². The molecule has 30 heavy (non-hydrogen) atoms. The normalized spacial score (nSPS) is 25.1. The maximum Gasteiger partial charge on any atom is 0.310 e. The van der Waals surface area contributed by atoms with Crippen molar-refractivity contribution in [1.29, 1.82) is 0 Å². The average molecular weight is 421 g/mol. The first-order chi connectivity index (χ1) is 14.4. The van der Waals surface area contributed by atoms with Crippen molar-refractivity contribution in [3.8, 4) is 0 Å². The van der Waals surface area contributed by atoms with Gasteiger partial charge in [-0.15, -0.1) is 0 Å². The van der Waals surface area contributed by atoms with Gasteiger partial charge in [0.05, 0.1) is 25.0 Å². The molecule has 0 aromatic heterocycles. The molecule has 0 spiro atoms. The number of esters is 2. The maximum absolute atomic E-state index is 12.9. The maximum atomic E-state index is 12.9. The van der Waals surface area contributed by atoms with E-state index in [0.29, 0.717) is 13.2 Å². The van der Waals surface area contributed by atoms with Crippen LogP contribution in [-0.2, 0) is 19.1 Å². The Labute approximate surface area is 184 Å². The van der Waals surface area contributed by atoms with E-state index in [1.807, 2.05) is 0 Å². The van der Waals surface area contributed by atoms with Crippen LogP contribution in [0.5, 0.6) is 0 Å². The van der Waals surface area contributed by atoms with E-state index in [4.69, 9.17) is 9.47 Å². The van der Waals surface area contributed by atoms with Crippen LogP contribution in [0.1, 0.15) is 91.9 Å². The van der Waals surface area contributed by atoms with Crippen LogP contribution in [0.25, 0.3) is 0 Å². The fourth-order valence-electron chi connectivity index (χ4n) is 4.84. The molecule has 172 valence electrons. The molecular weight excluding hydrogens is 376 g/mol. The lowest BCUT2D eigenvalue weighted by Crippen LogP contribution is -2.46. The van der Waals surface area contributed by atoms with Crippen molar-refractivity contribution >= 4 is 11.9 Å². The fourth-order valence-corrected chi connectivity index (χ4v) is 4.84. The summed E-state index contributed by atoms with van der Waals surface area (Å²) in [7, 11) is 0. The highest BCUT2D eigenvalue weighted by molar-refractivity contribution is 5.83. The largest absolute Gasteiger partial charge is 0.465 e. The minimum absolute atomic E-state index is 0.118. The highest BCUT2D eigenvalue weighted by Crippen LogP contribution is 2.46. The third-order valence-corrected chi connectivity index (χ3v) is 6.63. The van der Waals surface area contributed by atoms with Crippen molar-refractivity contribution < 1.29 is 19.1 Å². The molecule has 4 nitrogen and oxygen atoms in total. The van der Waals surface area contributed by atoms with Gasteiger partial charge in [0.25, 0.3) is 0 Å². The third kappa shape index (κ3) is 8.07. The molecule has 0 aromatic rings. The Hall–Kier alpha value is -1.32. The Bertz CT molecular complexity index is 503. The lowest BCUT2D eigenvalue weighted by atomic mass is 9.62. The number of fused-ring (bicyclic) bond motifs is 2. The summed E-state index contributed by atoms with van der Waals surface area (Å²) in [5.74, 6) is 0.557. The number of unbranched alkanes of at least 4 members (excludes halogenated alkanes) is 4. The predicted molar refractivity (Wildman–Crippen MR) is 121 cm³/mol. The molecule has 1 saturated carbocycles. The Kier molecular flexibility index (Phi) is 11.0. The summed E-state index contributed by atoms with van der Waals surface area (Å²) in [5, 5.41) is 0. The molecule has 0 aliphatic heterocycles. The van der Waals surface area contributed by atoms with Gasteiger partial charge < -0.3 is 9.47 Å². The smallest absolute Gasteiger partial charge is 0.310 e. The van der Waals surface area contributed by atoms with Gasteiger partial charge in [0.2, 0.25) is 0 Å². The number of hydrogen-bond acceptors (Lipinski definition) is 4. The van der Waals surface area contributed by atoms with E-state index in [1.54, 1.807) is 0 Å². The quantitative estimate of drug-likeness (QED) is 0.187. The van der Waals surface area contributed by atoms with E-state index in [-0.39, 0.29) is 35.6 Å². The van der Waals surface area contributed by atoms with Crippen molar-refractivity contribution in [2.45, 2.75) is 91.9 Å². The zero-order chi connectivity index (χ0) is 21.9. The summed E-state index contributed by atoms with van der Waals surface area (Å²) in [4.78, 5) is 25.7. The number of hydrogen-bond donors (Lipinski definition) is 0. The second-order valence-electron chi connectivity index (χ2n) is 10.2. The topological polar surface area (TPSA) is 52.6 Å². The van der Waals surface area contributed by atoms with Gasteiger partial charge in [-0.3, -0.25) is 9.59 Å². The van der Waals surface area contributed by atoms with E-state index in [0.717, 1.165) is 50.4 Å². The van der Waals surface area contributed by atoms with Crippen LogP contribution in [0.2, 0.25) is 0 Å². The van der Waals surface area contributed by atoms with Gasteiger partial charge in [0.15, 0.2) is 0 Å².